The molecular formula is C11H18N2O3S2. The number of hydrogen-bond donors (Lipinski definition) is 2. The third-order valence-corrected chi connectivity index (χ3v) is 5.94. The highest BCUT2D eigenvalue weighted by molar-refractivity contribution is 7.89. The van der Waals surface area contributed by atoms with Crippen LogP contribution < -0.4 is 10.5 Å². The van der Waals surface area contributed by atoms with Crippen molar-refractivity contribution in [2.45, 2.75) is 24.8 Å². The summed E-state index contributed by atoms with van der Waals surface area (Å²) in [5.41, 5.74) is 6.34. The Hall–Kier alpha value is -0.470. The van der Waals surface area contributed by atoms with Crippen LogP contribution in [-0.4, -0.2) is 28.2 Å². The molecule has 1 atom stereocenters. The summed E-state index contributed by atoms with van der Waals surface area (Å²) >= 11 is 1.39. The quantitative estimate of drug-likeness (QED) is 0.841. The molecule has 7 heteroatoms. The summed E-state index contributed by atoms with van der Waals surface area (Å²) < 4.78 is 32.4. The van der Waals surface area contributed by atoms with E-state index < -0.39 is 10.0 Å². The van der Waals surface area contributed by atoms with Gasteiger partial charge in [-0.25, -0.2) is 13.1 Å². The van der Waals surface area contributed by atoms with Gasteiger partial charge in [0.1, 0.15) is 4.90 Å². The predicted molar refractivity (Wildman–Crippen MR) is 71.1 cm³/mol. The van der Waals surface area contributed by atoms with E-state index in [0.29, 0.717) is 22.9 Å². The number of thiophene rings is 1. The maximum Gasteiger partial charge on any atom is 0.241 e. The molecule has 1 aromatic rings. The fourth-order valence-corrected chi connectivity index (χ4v) is 4.85. The van der Waals surface area contributed by atoms with Crippen LogP contribution in [0, 0.1) is 12.8 Å². The van der Waals surface area contributed by atoms with Gasteiger partial charge in [-0.15, -0.1) is 11.3 Å². The zero-order valence-electron chi connectivity index (χ0n) is 10.3. The van der Waals surface area contributed by atoms with E-state index in [1.54, 1.807) is 6.92 Å². The van der Waals surface area contributed by atoms with Crippen LogP contribution in [0.25, 0.3) is 0 Å². The molecule has 18 heavy (non-hydrogen) atoms. The van der Waals surface area contributed by atoms with Crippen molar-refractivity contribution in [3.63, 3.8) is 0 Å². The van der Waals surface area contributed by atoms with Crippen molar-refractivity contribution in [2.75, 3.05) is 19.8 Å². The van der Waals surface area contributed by atoms with E-state index in [1.165, 1.54) is 11.3 Å². The van der Waals surface area contributed by atoms with Crippen molar-refractivity contribution in [2.24, 2.45) is 11.7 Å². The topological polar surface area (TPSA) is 81.4 Å². The van der Waals surface area contributed by atoms with Gasteiger partial charge >= 0.3 is 0 Å². The number of ether oxygens (including phenoxy) is 1. The first-order valence-electron chi connectivity index (χ1n) is 5.89. The molecule has 0 bridgehead atoms. The average Bonchev–Trinajstić information content (AvgIpc) is 2.95. The Morgan fingerprint density at radius 1 is 1.61 bits per heavy atom. The SMILES string of the molecule is Cc1csc(CN)c1S(=O)(=O)NCC1CCOC1. The molecule has 102 valence electrons. The first-order valence-corrected chi connectivity index (χ1v) is 8.25. The Balaban J connectivity index is 2.11. The Morgan fingerprint density at radius 3 is 3.00 bits per heavy atom. The van der Waals surface area contributed by atoms with Gasteiger partial charge in [0.25, 0.3) is 0 Å². The Kier molecular flexibility index (Phi) is 4.39. The van der Waals surface area contributed by atoms with Gasteiger partial charge in [0, 0.05) is 24.6 Å². The molecule has 1 aliphatic heterocycles. The van der Waals surface area contributed by atoms with Crippen molar-refractivity contribution >= 4 is 21.4 Å². The van der Waals surface area contributed by atoms with E-state index in [1.807, 2.05) is 5.38 Å². The zero-order chi connectivity index (χ0) is 13.2. The van der Waals surface area contributed by atoms with Gasteiger partial charge in [-0.2, -0.15) is 0 Å². The minimum absolute atomic E-state index is 0.251. The molecule has 0 aromatic carbocycles. The van der Waals surface area contributed by atoms with E-state index in [4.69, 9.17) is 10.5 Å². The molecule has 2 heterocycles. The largest absolute Gasteiger partial charge is 0.381 e. The molecule has 1 saturated heterocycles. The number of sulfonamides is 1. The van der Waals surface area contributed by atoms with Crippen LogP contribution in [0.15, 0.2) is 10.3 Å². The second-order valence-electron chi connectivity index (χ2n) is 4.46. The molecule has 5 nitrogen and oxygen atoms in total. The summed E-state index contributed by atoms with van der Waals surface area (Å²) in [5.74, 6) is 0.278. The fourth-order valence-electron chi connectivity index (χ4n) is 2.03. The van der Waals surface area contributed by atoms with Gasteiger partial charge in [0.15, 0.2) is 0 Å². The van der Waals surface area contributed by atoms with E-state index >= 15 is 0 Å². The Morgan fingerprint density at radius 2 is 2.39 bits per heavy atom. The first-order chi connectivity index (χ1) is 8.54. The van der Waals surface area contributed by atoms with Gasteiger partial charge in [-0.05, 0) is 30.2 Å². The van der Waals surface area contributed by atoms with E-state index in [-0.39, 0.29) is 12.5 Å². The van der Waals surface area contributed by atoms with Gasteiger partial charge in [0.2, 0.25) is 10.0 Å². The van der Waals surface area contributed by atoms with Crippen molar-refractivity contribution in [1.82, 2.24) is 4.72 Å². The summed E-state index contributed by atoms with van der Waals surface area (Å²) in [4.78, 5) is 1.07. The molecule has 0 aliphatic carbocycles. The van der Waals surface area contributed by atoms with E-state index in [9.17, 15) is 8.42 Å². The van der Waals surface area contributed by atoms with Gasteiger partial charge in [-0.3, -0.25) is 0 Å². The zero-order valence-corrected chi connectivity index (χ0v) is 11.9. The fraction of sp³-hybridized carbons (Fsp3) is 0.636. The molecule has 3 N–H and O–H groups in total. The van der Waals surface area contributed by atoms with Crippen molar-refractivity contribution < 1.29 is 13.2 Å². The number of nitrogens with one attached hydrogen (secondary N) is 1. The van der Waals surface area contributed by atoms with Crippen LogP contribution >= 0.6 is 11.3 Å². The van der Waals surface area contributed by atoms with Crippen LogP contribution in [0.5, 0.6) is 0 Å². The monoisotopic (exact) mass is 290 g/mol. The maximum absolute atomic E-state index is 12.2. The third-order valence-electron chi connectivity index (χ3n) is 3.03. The Labute approximate surface area is 111 Å². The number of aryl methyl sites for hydroxylation is 1. The van der Waals surface area contributed by atoms with Crippen molar-refractivity contribution in [3.8, 4) is 0 Å². The lowest BCUT2D eigenvalue weighted by Crippen LogP contribution is -2.30. The summed E-state index contributed by atoms with van der Waals surface area (Å²) in [7, 11) is -3.45. The first kappa shape index (κ1) is 14.0. The second-order valence-corrected chi connectivity index (χ2v) is 7.12. The molecule has 0 amide bonds. The lowest BCUT2D eigenvalue weighted by molar-refractivity contribution is 0.186. The van der Waals surface area contributed by atoms with Crippen LogP contribution in [0.2, 0.25) is 0 Å². The number of rotatable bonds is 5. The van der Waals surface area contributed by atoms with Gasteiger partial charge in [0.05, 0.1) is 6.61 Å². The highest BCUT2D eigenvalue weighted by Crippen LogP contribution is 2.26. The van der Waals surface area contributed by atoms with Gasteiger partial charge < -0.3 is 10.5 Å². The summed E-state index contributed by atoms with van der Waals surface area (Å²) in [6.07, 6.45) is 0.912. The lowest BCUT2D eigenvalue weighted by Gasteiger charge is -2.11. The summed E-state index contributed by atoms with van der Waals surface area (Å²) in [5, 5.41) is 1.83. The number of nitrogens with two attached hydrogens (primary N) is 1. The van der Waals surface area contributed by atoms with Crippen molar-refractivity contribution in [3.05, 3.63) is 15.8 Å². The minimum Gasteiger partial charge on any atom is -0.381 e. The molecule has 1 fully saturated rings. The smallest absolute Gasteiger partial charge is 0.241 e. The van der Waals surface area contributed by atoms with Crippen LogP contribution in [0.3, 0.4) is 0 Å². The molecular weight excluding hydrogens is 272 g/mol. The second kappa shape index (κ2) is 5.66. The molecule has 0 radical (unpaired) electrons. The molecule has 1 unspecified atom stereocenters. The molecule has 1 aliphatic rings. The summed E-state index contributed by atoms with van der Waals surface area (Å²) in [6.45, 7) is 3.83. The van der Waals surface area contributed by atoms with Crippen LogP contribution in [0.1, 0.15) is 16.9 Å². The highest BCUT2D eigenvalue weighted by Gasteiger charge is 2.24. The van der Waals surface area contributed by atoms with Gasteiger partial charge in [-0.1, -0.05) is 0 Å². The maximum atomic E-state index is 12.2. The average molecular weight is 290 g/mol. The highest BCUT2D eigenvalue weighted by atomic mass is 32.2. The lowest BCUT2D eigenvalue weighted by atomic mass is 10.1. The standard InChI is InChI=1S/C11H18N2O3S2/c1-8-7-17-10(4-12)11(8)18(14,15)13-5-9-2-3-16-6-9/h7,9,13H,2-6,12H2,1H3. The predicted octanol–water partition coefficient (Wildman–Crippen LogP) is 0.830. The molecule has 0 spiro atoms. The van der Waals surface area contributed by atoms with Crippen LogP contribution in [-0.2, 0) is 21.3 Å². The normalized spacial score (nSPS) is 20.4. The van der Waals surface area contributed by atoms with E-state index in [0.717, 1.165) is 18.6 Å². The molecule has 0 saturated carbocycles. The third kappa shape index (κ3) is 2.92. The molecule has 1 aromatic heterocycles. The number of hydrogen-bond acceptors (Lipinski definition) is 5. The minimum atomic E-state index is -3.45. The van der Waals surface area contributed by atoms with Crippen molar-refractivity contribution in [1.29, 1.82) is 0 Å². The van der Waals surface area contributed by atoms with Crippen LogP contribution in [0.4, 0.5) is 0 Å². The molecule has 2 rings (SSSR count). The van der Waals surface area contributed by atoms with E-state index in [2.05, 4.69) is 4.72 Å². The summed E-state index contributed by atoms with van der Waals surface area (Å²) in [6, 6.07) is 0. The Bertz CT molecular complexity index is 504.